The molecule has 1 fully saturated rings. The summed E-state index contributed by atoms with van der Waals surface area (Å²) < 4.78 is 27.9. The average Bonchev–Trinajstić information content (AvgIpc) is 2.85. The van der Waals surface area contributed by atoms with E-state index < -0.39 is 15.9 Å². The van der Waals surface area contributed by atoms with Gasteiger partial charge >= 0.3 is 0 Å². The molecule has 168 valence electrons. The molecular weight excluding hydrogens is 460 g/mol. The zero-order valence-corrected chi connectivity index (χ0v) is 19.2. The van der Waals surface area contributed by atoms with Crippen LogP contribution in [-0.4, -0.2) is 44.8 Å². The topological polar surface area (TPSA) is 93.5 Å². The number of piperazine rings is 1. The summed E-state index contributed by atoms with van der Waals surface area (Å²) in [5.74, 6) is -0.532. The average molecular weight is 481 g/mol. The standard InChI is InChI=1S/C24H21ClN4O3S/c25-23-11-10-21(16-22(23)24(30)27-19-8-6-18(17-26)7-9-19)33(31,32)29-14-12-28(13-15-29)20-4-2-1-3-5-20/h1-11,16H,12-15H2,(H,27,30). The molecule has 0 aliphatic carbocycles. The second kappa shape index (κ2) is 9.63. The van der Waals surface area contributed by atoms with E-state index in [4.69, 9.17) is 16.9 Å². The highest BCUT2D eigenvalue weighted by molar-refractivity contribution is 7.89. The summed E-state index contributed by atoms with van der Waals surface area (Å²) in [5.41, 5.74) is 2.06. The number of nitriles is 1. The van der Waals surface area contributed by atoms with Crippen LogP contribution in [0.1, 0.15) is 15.9 Å². The molecule has 0 bridgehead atoms. The Bertz CT molecular complexity index is 1300. The fourth-order valence-electron chi connectivity index (χ4n) is 3.64. The molecule has 1 aliphatic rings. The molecule has 1 heterocycles. The van der Waals surface area contributed by atoms with Crippen LogP contribution in [0.5, 0.6) is 0 Å². The molecule has 1 N–H and O–H groups in total. The summed E-state index contributed by atoms with van der Waals surface area (Å²) >= 11 is 6.21. The molecule has 0 spiro atoms. The number of carbonyl (C=O) groups excluding carboxylic acids is 1. The molecule has 0 atom stereocenters. The molecule has 1 aliphatic heterocycles. The van der Waals surface area contributed by atoms with Crippen molar-refractivity contribution in [2.75, 3.05) is 36.4 Å². The van der Waals surface area contributed by atoms with Crippen molar-refractivity contribution in [3.05, 3.63) is 88.9 Å². The van der Waals surface area contributed by atoms with Crippen LogP contribution in [0.15, 0.2) is 77.7 Å². The Morgan fingerprint density at radius 3 is 2.24 bits per heavy atom. The number of nitrogens with zero attached hydrogens (tertiary/aromatic N) is 3. The molecule has 33 heavy (non-hydrogen) atoms. The first-order valence-corrected chi connectivity index (χ1v) is 12.1. The molecule has 0 unspecified atom stereocenters. The summed E-state index contributed by atoms with van der Waals surface area (Å²) in [6.07, 6.45) is 0. The third-order valence-electron chi connectivity index (χ3n) is 5.45. The monoisotopic (exact) mass is 480 g/mol. The number of nitrogens with one attached hydrogen (secondary N) is 1. The zero-order valence-electron chi connectivity index (χ0n) is 17.6. The number of carbonyl (C=O) groups is 1. The SMILES string of the molecule is N#Cc1ccc(NC(=O)c2cc(S(=O)(=O)N3CCN(c4ccccc4)CC3)ccc2Cl)cc1. The van der Waals surface area contributed by atoms with Gasteiger partial charge in [0.25, 0.3) is 5.91 Å². The van der Waals surface area contributed by atoms with Crippen LogP contribution in [0.4, 0.5) is 11.4 Å². The van der Waals surface area contributed by atoms with E-state index in [9.17, 15) is 13.2 Å². The highest BCUT2D eigenvalue weighted by atomic mass is 35.5. The number of para-hydroxylation sites is 1. The van der Waals surface area contributed by atoms with E-state index in [2.05, 4.69) is 10.2 Å². The fraction of sp³-hybridized carbons (Fsp3) is 0.167. The third-order valence-corrected chi connectivity index (χ3v) is 7.68. The Morgan fingerprint density at radius 1 is 0.939 bits per heavy atom. The summed E-state index contributed by atoms with van der Waals surface area (Å²) in [7, 11) is -3.79. The van der Waals surface area contributed by atoms with Gasteiger partial charge in [-0.1, -0.05) is 29.8 Å². The van der Waals surface area contributed by atoms with Gasteiger partial charge in [0.2, 0.25) is 10.0 Å². The molecule has 3 aromatic rings. The van der Waals surface area contributed by atoms with Gasteiger partial charge in [-0.25, -0.2) is 8.42 Å². The minimum absolute atomic E-state index is 0.0186. The molecule has 0 aromatic heterocycles. The van der Waals surface area contributed by atoms with Gasteiger partial charge in [0, 0.05) is 37.6 Å². The van der Waals surface area contributed by atoms with Crippen molar-refractivity contribution < 1.29 is 13.2 Å². The fourth-order valence-corrected chi connectivity index (χ4v) is 5.29. The lowest BCUT2D eigenvalue weighted by Gasteiger charge is -2.35. The maximum Gasteiger partial charge on any atom is 0.257 e. The number of hydrogen-bond acceptors (Lipinski definition) is 5. The first-order valence-electron chi connectivity index (χ1n) is 10.3. The molecule has 0 saturated carbocycles. The van der Waals surface area contributed by atoms with Gasteiger partial charge in [-0.2, -0.15) is 9.57 Å². The van der Waals surface area contributed by atoms with Crippen LogP contribution in [0.25, 0.3) is 0 Å². The summed E-state index contributed by atoms with van der Waals surface area (Å²) in [6, 6.07) is 22.3. The lowest BCUT2D eigenvalue weighted by Crippen LogP contribution is -2.48. The Hall–Kier alpha value is -3.38. The Morgan fingerprint density at radius 2 is 1.61 bits per heavy atom. The first-order chi connectivity index (χ1) is 15.9. The van der Waals surface area contributed by atoms with Gasteiger partial charge in [-0.05, 0) is 54.6 Å². The van der Waals surface area contributed by atoms with Crippen LogP contribution in [-0.2, 0) is 10.0 Å². The van der Waals surface area contributed by atoms with E-state index in [1.54, 1.807) is 24.3 Å². The maximum absolute atomic E-state index is 13.2. The third kappa shape index (κ3) is 5.01. The second-order valence-corrected chi connectivity index (χ2v) is 9.86. The number of sulfonamides is 1. The zero-order chi connectivity index (χ0) is 23.4. The molecule has 3 aromatic carbocycles. The maximum atomic E-state index is 13.2. The highest BCUT2D eigenvalue weighted by Crippen LogP contribution is 2.26. The number of benzene rings is 3. The van der Waals surface area contributed by atoms with Crippen LogP contribution in [0.3, 0.4) is 0 Å². The van der Waals surface area contributed by atoms with Crippen molar-refractivity contribution in [2.45, 2.75) is 4.90 Å². The van der Waals surface area contributed by atoms with Gasteiger partial charge in [-0.3, -0.25) is 4.79 Å². The number of rotatable bonds is 5. The van der Waals surface area contributed by atoms with E-state index >= 15 is 0 Å². The molecule has 7 nitrogen and oxygen atoms in total. The van der Waals surface area contributed by atoms with Crippen molar-refractivity contribution in [3.63, 3.8) is 0 Å². The molecule has 1 amide bonds. The number of anilines is 2. The van der Waals surface area contributed by atoms with Crippen molar-refractivity contribution in [1.29, 1.82) is 5.26 Å². The van der Waals surface area contributed by atoms with Crippen LogP contribution >= 0.6 is 11.6 Å². The summed E-state index contributed by atoms with van der Waals surface area (Å²) in [6.45, 7) is 1.82. The first kappa shape index (κ1) is 22.8. The smallest absolute Gasteiger partial charge is 0.257 e. The normalized spacial score (nSPS) is 14.5. The van der Waals surface area contributed by atoms with E-state index in [0.29, 0.717) is 37.4 Å². The minimum atomic E-state index is -3.79. The lowest BCUT2D eigenvalue weighted by molar-refractivity contribution is 0.102. The molecule has 1 saturated heterocycles. The predicted octanol–water partition coefficient (Wildman–Crippen LogP) is 3.97. The minimum Gasteiger partial charge on any atom is -0.369 e. The molecule has 0 radical (unpaired) electrons. The molecule has 4 rings (SSSR count). The summed E-state index contributed by atoms with van der Waals surface area (Å²) in [4.78, 5) is 14.9. The Balaban J connectivity index is 1.50. The van der Waals surface area contributed by atoms with E-state index in [1.807, 2.05) is 36.4 Å². The highest BCUT2D eigenvalue weighted by Gasteiger charge is 2.29. The van der Waals surface area contributed by atoms with Gasteiger partial charge in [0.1, 0.15) is 0 Å². The number of hydrogen-bond donors (Lipinski definition) is 1. The predicted molar refractivity (Wildman–Crippen MR) is 128 cm³/mol. The number of halogens is 1. The van der Waals surface area contributed by atoms with Crippen LogP contribution in [0.2, 0.25) is 5.02 Å². The van der Waals surface area contributed by atoms with Gasteiger partial charge in [-0.15, -0.1) is 0 Å². The summed E-state index contributed by atoms with van der Waals surface area (Å²) in [5, 5.41) is 11.7. The van der Waals surface area contributed by atoms with Crippen molar-refractivity contribution >= 4 is 38.9 Å². The van der Waals surface area contributed by atoms with Crippen molar-refractivity contribution in [2.24, 2.45) is 0 Å². The van der Waals surface area contributed by atoms with Gasteiger partial charge in [0.05, 0.1) is 27.1 Å². The Labute approximate surface area is 197 Å². The quantitative estimate of drug-likeness (QED) is 0.596. The van der Waals surface area contributed by atoms with E-state index in [1.165, 1.54) is 22.5 Å². The van der Waals surface area contributed by atoms with Gasteiger partial charge in [0.15, 0.2) is 0 Å². The van der Waals surface area contributed by atoms with Crippen molar-refractivity contribution in [1.82, 2.24) is 4.31 Å². The number of amides is 1. The van der Waals surface area contributed by atoms with Crippen LogP contribution < -0.4 is 10.2 Å². The molecular formula is C24H21ClN4O3S. The second-order valence-electron chi connectivity index (χ2n) is 7.51. The van der Waals surface area contributed by atoms with E-state index in [-0.39, 0.29) is 15.5 Å². The van der Waals surface area contributed by atoms with Crippen molar-refractivity contribution in [3.8, 4) is 6.07 Å². The molecule has 9 heteroatoms. The van der Waals surface area contributed by atoms with E-state index in [0.717, 1.165) is 5.69 Å². The largest absolute Gasteiger partial charge is 0.369 e. The Kier molecular flexibility index (Phi) is 6.65. The lowest BCUT2D eigenvalue weighted by atomic mass is 10.2. The van der Waals surface area contributed by atoms with Gasteiger partial charge < -0.3 is 10.2 Å². The van der Waals surface area contributed by atoms with Crippen LogP contribution in [0, 0.1) is 11.3 Å².